The zero-order valence-corrected chi connectivity index (χ0v) is 17.6. The Kier molecular flexibility index (Phi) is 7.07. The Hall–Kier alpha value is -3.49. The number of hydrogen-bond donors (Lipinski definition) is 1. The minimum Gasteiger partial charge on any atom is -0.478 e. The van der Waals surface area contributed by atoms with E-state index in [2.05, 4.69) is 15.3 Å². The molecular formula is C23H22F3N3O3. The summed E-state index contributed by atoms with van der Waals surface area (Å²) in [6.45, 7) is 3.73. The standard InChI is InChI=1S/C23H22F3N3O3/c1-14(2)22(31)29-20-13-16(9-10-27-20)19(30)4-3-11-32-21-8-5-15-12-17(23(24,25)26)6-7-18(15)28-21/h5-10,12-14H,3-4,11H2,1-2H3,(H,27,29,31). The van der Waals surface area contributed by atoms with Crippen LogP contribution in [0, 0.1) is 5.92 Å². The number of anilines is 1. The molecule has 9 heteroatoms. The average molecular weight is 445 g/mol. The number of nitrogens with one attached hydrogen (secondary N) is 1. The fourth-order valence-electron chi connectivity index (χ4n) is 2.86. The number of Topliss-reactive ketones (excluding diaryl/α,β-unsaturated/α-hetero) is 1. The molecule has 168 valence electrons. The third kappa shape index (κ3) is 6.03. The fraction of sp³-hybridized carbons (Fsp3) is 0.304. The first kappa shape index (κ1) is 23.2. The van der Waals surface area contributed by atoms with E-state index in [0.717, 1.165) is 12.1 Å². The molecule has 2 heterocycles. The van der Waals surface area contributed by atoms with Crippen LogP contribution in [0.2, 0.25) is 0 Å². The maximum Gasteiger partial charge on any atom is 0.416 e. The number of nitrogens with zero attached hydrogens (tertiary/aromatic N) is 2. The van der Waals surface area contributed by atoms with Crippen LogP contribution in [0.25, 0.3) is 10.9 Å². The summed E-state index contributed by atoms with van der Waals surface area (Å²) in [5.41, 5.74) is 0.0877. The first-order valence-electron chi connectivity index (χ1n) is 10.0. The van der Waals surface area contributed by atoms with Gasteiger partial charge in [-0.05, 0) is 42.8 Å². The summed E-state index contributed by atoms with van der Waals surface area (Å²) in [6.07, 6.45) is -2.32. The highest BCUT2D eigenvalue weighted by molar-refractivity contribution is 5.98. The van der Waals surface area contributed by atoms with Gasteiger partial charge >= 0.3 is 6.18 Å². The van der Waals surface area contributed by atoms with Gasteiger partial charge in [-0.1, -0.05) is 13.8 Å². The molecule has 0 bridgehead atoms. The van der Waals surface area contributed by atoms with Gasteiger partial charge in [0, 0.05) is 35.6 Å². The molecule has 0 spiro atoms. The molecule has 32 heavy (non-hydrogen) atoms. The summed E-state index contributed by atoms with van der Waals surface area (Å²) in [7, 11) is 0. The van der Waals surface area contributed by atoms with Crippen molar-refractivity contribution in [1.82, 2.24) is 9.97 Å². The smallest absolute Gasteiger partial charge is 0.416 e. The van der Waals surface area contributed by atoms with Gasteiger partial charge in [-0.2, -0.15) is 13.2 Å². The monoisotopic (exact) mass is 445 g/mol. The number of aromatic nitrogens is 2. The quantitative estimate of drug-likeness (QED) is 0.377. The van der Waals surface area contributed by atoms with Gasteiger partial charge in [-0.25, -0.2) is 9.97 Å². The second-order valence-electron chi connectivity index (χ2n) is 7.50. The number of ether oxygens (including phenoxy) is 1. The van der Waals surface area contributed by atoms with Crippen molar-refractivity contribution in [3.63, 3.8) is 0 Å². The van der Waals surface area contributed by atoms with Gasteiger partial charge in [0.2, 0.25) is 11.8 Å². The van der Waals surface area contributed by atoms with Crippen LogP contribution in [0.5, 0.6) is 5.88 Å². The lowest BCUT2D eigenvalue weighted by Crippen LogP contribution is -2.18. The van der Waals surface area contributed by atoms with Crippen molar-refractivity contribution in [3.05, 3.63) is 59.8 Å². The number of ketones is 1. The molecule has 0 unspecified atom stereocenters. The van der Waals surface area contributed by atoms with Crippen molar-refractivity contribution < 1.29 is 27.5 Å². The highest BCUT2D eigenvalue weighted by Crippen LogP contribution is 2.31. The van der Waals surface area contributed by atoms with Crippen LogP contribution in [0.1, 0.15) is 42.6 Å². The van der Waals surface area contributed by atoms with Crippen LogP contribution in [-0.4, -0.2) is 28.3 Å². The maximum atomic E-state index is 12.8. The predicted molar refractivity (Wildman–Crippen MR) is 114 cm³/mol. The van der Waals surface area contributed by atoms with Crippen molar-refractivity contribution in [2.75, 3.05) is 11.9 Å². The zero-order valence-electron chi connectivity index (χ0n) is 17.6. The molecule has 0 saturated carbocycles. The number of amides is 1. The molecule has 1 N–H and O–H groups in total. The molecule has 0 aliphatic rings. The zero-order chi connectivity index (χ0) is 23.3. The number of benzene rings is 1. The Bertz CT molecular complexity index is 1130. The molecule has 0 aliphatic carbocycles. The first-order valence-corrected chi connectivity index (χ1v) is 10.0. The van der Waals surface area contributed by atoms with Gasteiger partial charge in [0.05, 0.1) is 17.7 Å². The summed E-state index contributed by atoms with van der Waals surface area (Å²) in [5, 5.41) is 3.02. The summed E-state index contributed by atoms with van der Waals surface area (Å²) < 4.78 is 44.0. The van der Waals surface area contributed by atoms with E-state index in [1.807, 2.05) is 0 Å². The number of alkyl halides is 3. The van der Waals surface area contributed by atoms with E-state index in [1.165, 1.54) is 30.5 Å². The summed E-state index contributed by atoms with van der Waals surface area (Å²) in [4.78, 5) is 32.4. The molecular weight excluding hydrogens is 423 g/mol. The lowest BCUT2D eigenvalue weighted by Gasteiger charge is -2.09. The molecule has 3 rings (SSSR count). The normalized spacial score (nSPS) is 11.6. The third-order valence-electron chi connectivity index (χ3n) is 4.65. The minimum atomic E-state index is -4.41. The summed E-state index contributed by atoms with van der Waals surface area (Å²) >= 11 is 0. The second-order valence-corrected chi connectivity index (χ2v) is 7.50. The predicted octanol–water partition coefficient (Wildman–Crippen LogP) is 5.29. The van der Waals surface area contributed by atoms with Gasteiger partial charge < -0.3 is 10.1 Å². The number of hydrogen-bond acceptors (Lipinski definition) is 5. The Morgan fingerprint density at radius 2 is 1.88 bits per heavy atom. The Morgan fingerprint density at radius 1 is 1.09 bits per heavy atom. The SMILES string of the molecule is CC(C)C(=O)Nc1cc(C(=O)CCCOc2ccc3cc(C(F)(F)F)ccc3n2)ccn1. The number of carbonyl (C=O) groups is 2. The van der Waals surface area contributed by atoms with E-state index in [9.17, 15) is 22.8 Å². The maximum absolute atomic E-state index is 12.8. The van der Waals surface area contributed by atoms with Crippen LogP contribution in [0.4, 0.5) is 19.0 Å². The number of rotatable bonds is 8. The lowest BCUT2D eigenvalue weighted by molar-refractivity contribution is -0.137. The first-order chi connectivity index (χ1) is 15.1. The van der Waals surface area contributed by atoms with E-state index in [0.29, 0.717) is 28.7 Å². The van der Waals surface area contributed by atoms with Gasteiger partial charge in [0.25, 0.3) is 0 Å². The number of pyridine rings is 2. The Labute approximate surface area is 182 Å². The largest absolute Gasteiger partial charge is 0.478 e. The molecule has 0 atom stereocenters. The van der Waals surface area contributed by atoms with Crippen molar-refractivity contribution in [1.29, 1.82) is 0 Å². The van der Waals surface area contributed by atoms with Crippen molar-refractivity contribution in [2.24, 2.45) is 5.92 Å². The van der Waals surface area contributed by atoms with Crippen LogP contribution in [0.15, 0.2) is 48.7 Å². The second kappa shape index (κ2) is 9.76. The number of carbonyl (C=O) groups excluding carboxylic acids is 2. The molecule has 0 fully saturated rings. The molecule has 1 amide bonds. The molecule has 6 nitrogen and oxygen atoms in total. The Morgan fingerprint density at radius 3 is 2.59 bits per heavy atom. The van der Waals surface area contributed by atoms with E-state index >= 15 is 0 Å². The molecule has 2 aromatic heterocycles. The summed E-state index contributed by atoms with van der Waals surface area (Å²) in [6, 6.07) is 9.44. The van der Waals surface area contributed by atoms with Crippen molar-refractivity contribution in [2.45, 2.75) is 32.9 Å². The van der Waals surface area contributed by atoms with Crippen molar-refractivity contribution >= 4 is 28.4 Å². The van der Waals surface area contributed by atoms with Crippen LogP contribution < -0.4 is 10.1 Å². The molecule has 0 radical (unpaired) electrons. The van der Waals surface area contributed by atoms with Gasteiger partial charge in [-0.3, -0.25) is 9.59 Å². The fourth-order valence-corrected chi connectivity index (χ4v) is 2.86. The van der Waals surface area contributed by atoms with Gasteiger partial charge in [-0.15, -0.1) is 0 Å². The highest BCUT2D eigenvalue weighted by Gasteiger charge is 2.30. The average Bonchev–Trinajstić information content (AvgIpc) is 2.75. The molecule has 1 aromatic carbocycles. The van der Waals surface area contributed by atoms with E-state index in [1.54, 1.807) is 19.9 Å². The lowest BCUT2D eigenvalue weighted by atomic mass is 10.1. The molecule has 0 saturated heterocycles. The van der Waals surface area contributed by atoms with E-state index in [-0.39, 0.29) is 36.5 Å². The van der Waals surface area contributed by atoms with Gasteiger partial charge in [0.15, 0.2) is 5.78 Å². The molecule has 3 aromatic rings. The minimum absolute atomic E-state index is 0.123. The van der Waals surface area contributed by atoms with E-state index < -0.39 is 11.7 Å². The number of fused-ring (bicyclic) bond motifs is 1. The number of halogens is 3. The van der Waals surface area contributed by atoms with Crippen LogP contribution in [-0.2, 0) is 11.0 Å². The van der Waals surface area contributed by atoms with Crippen LogP contribution >= 0.6 is 0 Å². The molecule has 0 aliphatic heterocycles. The van der Waals surface area contributed by atoms with Gasteiger partial charge in [0.1, 0.15) is 5.82 Å². The topological polar surface area (TPSA) is 81.2 Å². The van der Waals surface area contributed by atoms with Crippen molar-refractivity contribution in [3.8, 4) is 5.88 Å². The van der Waals surface area contributed by atoms with Crippen LogP contribution in [0.3, 0.4) is 0 Å². The van der Waals surface area contributed by atoms with E-state index in [4.69, 9.17) is 4.74 Å². The third-order valence-corrected chi connectivity index (χ3v) is 4.65. The highest BCUT2D eigenvalue weighted by atomic mass is 19.4. The summed E-state index contributed by atoms with van der Waals surface area (Å²) in [5.74, 6) is 0.0751. The Balaban J connectivity index is 1.53.